The molecule has 0 aliphatic heterocycles. The van der Waals surface area contributed by atoms with Crippen LogP contribution in [-0.2, 0) is 0 Å². The molecule has 2 nitrogen and oxygen atoms in total. The molecule has 2 atom stereocenters. The topological polar surface area (TPSA) is 40.5 Å². The fraction of sp³-hybridized carbons (Fsp3) is 0.625. The van der Waals surface area contributed by atoms with E-state index in [0.717, 1.165) is 24.3 Å². The largest absolute Gasteiger partial charge is 0.390 e. The highest BCUT2D eigenvalue weighted by Crippen LogP contribution is 2.35. The van der Waals surface area contributed by atoms with E-state index in [1.165, 1.54) is 19.3 Å². The molecule has 2 unspecified atom stereocenters. The molecular formula is C16H24O2. The maximum Gasteiger partial charge on any atom is 0.105 e. The monoisotopic (exact) mass is 248 g/mol. The third-order valence-electron chi connectivity index (χ3n) is 4.42. The molecule has 0 heterocycles. The standard InChI is InChI=1S/C16H24O2/c1-2-12-8-10-14(11-9-12)16(18)15(17)13-6-4-3-5-7-13/h3-7,12,14-18H,2,8-11H2,1H3. The van der Waals surface area contributed by atoms with Crippen molar-refractivity contribution in [2.24, 2.45) is 11.8 Å². The summed E-state index contributed by atoms with van der Waals surface area (Å²) in [7, 11) is 0. The molecule has 2 N–H and O–H groups in total. The van der Waals surface area contributed by atoms with Crippen molar-refractivity contribution in [2.45, 2.75) is 51.2 Å². The Morgan fingerprint density at radius 3 is 2.22 bits per heavy atom. The van der Waals surface area contributed by atoms with Crippen LogP contribution in [0.25, 0.3) is 0 Å². The van der Waals surface area contributed by atoms with Gasteiger partial charge in [-0.25, -0.2) is 0 Å². The van der Waals surface area contributed by atoms with Crippen molar-refractivity contribution < 1.29 is 10.2 Å². The first-order valence-electron chi connectivity index (χ1n) is 7.13. The molecule has 18 heavy (non-hydrogen) atoms. The van der Waals surface area contributed by atoms with Gasteiger partial charge >= 0.3 is 0 Å². The summed E-state index contributed by atoms with van der Waals surface area (Å²) >= 11 is 0. The van der Waals surface area contributed by atoms with Crippen molar-refractivity contribution in [2.75, 3.05) is 0 Å². The molecule has 0 bridgehead atoms. The van der Waals surface area contributed by atoms with Crippen molar-refractivity contribution in [1.29, 1.82) is 0 Å². The summed E-state index contributed by atoms with van der Waals surface area (Å²) in [5.41, 5.74) is 0.822. The third-order valence-corrected chi connectivity index (χ3v) is 4.42. The van der Waals surface area contributed by atoms with E-state index in [2.05, 4.69) is 6.92 Å². The van der Waals surface area contributed by atoms with Gasteiger partial charge in [0, 0.05) is 0 Å². The lowest BCUT2D eigenvalue weighted by Gasteiger charge is -2.33. The Bertz CT molecular complexity index is 341. The molecule has 100 valence electrons. The molecule has 0 radical (unpaired) electrons. The van der Waals surface area contributed by atoms with E-state index in [4.69, 9.17) is 0 Å². The average molecular weight is 248 g/mol. The Kier molecular flexibility index (Phi) is 4.79. The van der Waals surface area contributed by atoms with Gasteiger partial charge in [-0.1, -0.05) is 56.5 Å². The number of benzene rings is 1. The van der Waals surface area contributed by atoms with Gasteiger partial charge in [0.05, 0.1) is 6.10 Å². The van der Waals surface area contributed by atoms with Crippen LogP contribution < -0.4 is 0 Å². The molecule has 1 aliphatic carbocycles. The Hall–Kier alpha value is -0.860. The van der Waals surface area contributed by atoms with E-state index in [1.54, 1.807) is 0 Å². The van der Waals surface area contributed by atoms with E-state index in [0.29, 0.717) is 0 Å². The highest BCUT2D eigenvalue weighted by atomic mass is 16.3. The Morgan fingerprint density at radius 2 is 1.67 bits per heavy atom. The van der Waals surface area contributed by atoms with E-state index in [1.807, 2.05) is 30.3 Å². The minimum Gasteiger partial charge on any atom is -0.390 e. The number of aliphatic hydroxyl groups excluding tert-OH is 2. The predicted molar refractivity (Wildman–Crippen MR) is 73.1 cm³/mol. The summed E-state index contributed by atoms with van der Waals surface area (Å²) in [5.74, 6) is 1.07. The Labute approximate surface area is 110 Å². The second-order valence-electron chi connectivity index (χ2n) is 5.54. The van der Waals surface area contributed by atoms with Gasteiger partial charge in [0.25, 0.3) is 0 Å². The maximum absolute atomic E-state index is 10.3. The van der Waals surface area contributed by atoms with Crippen LogP contribution >= 0.6 is 0 Å². The molecule has 1 fully saturated rings. The van der Waals surface area contributed by atoms with Crippen LogP contribution in [0, 0.1) is 11.8 Å². The zero-order valence-corrected chi connectivity index (χ0v) is 11.1. The molecule has 1 aliphatic rings. The molecule has 2 rings (SSSR count). The number of rotatable bonds is 4. The molecule has 0 saturated heterocycles. The van der Waals surface area contributed by atoms with Crippen LogP contribution in [0.2, 0.25) is 0 Å². The van der Waals surface area contributed by atoms with Crippen molar-refractivity contribution in [3.63, 3.8) is 0 Å². The molecule has 0 aromatic heterocycles. The van der Waals surface area contributed by atoms with Crippen LogP contribution in [0.15, 0.2) is 30.3 Å². The van der Waals surface area contributed by atoms with Crippen molar-refractivity contribution in [3.05, 3.63) is 35.9 Å². The minimum atomic E-state index is -0.741. The molecular weight excluding hydrogens is 224 g/mol. The first kappa shape index (κ1) is 13.6. The van der Waals surface area contributed by atoms with Crippen molar-refractivity contribution in [1.82, 2.24) is 0 Å². The third kappa shape index (κ3) is 3.12. The lowest BCUT2D eigenvalue weighted by molar-refractivity contribution is -0.0325. The van der Waals surface area contributed by atoms with Crippen molar-refractivity contribution in [3.8, 4) is 0 Å². The van der Waals surface area contributed by atoms with Crippen LogP contribution in [-0.4, -0.2) is 16.3 Å². The zero-order chi connectivity index (χ0) is 13.0. The smallest absolute Gasteiger partial charge is 0.105 e. The van der Waals surface area contributed by atoms with Gasteiger partial charge in [-0.3, -0.25) is 0 Å². The molecule has 2 heteroatoms. The minimum absolute atomic E-state index is 0.253. The van der Waals surface area contributed by atoms with Gasteiger partial charge in [-0.2, -0.15) is 0 Å². The van der Waals surface area contributed by atoms with E-state index in [9.17, 15) is 10.2 Å². The predicted octanol–water partition coefficient (Wildman–Crippen LogP) is 3.30. The van der Waals surface area contributed by atoms with E-state index >= 15 is 0 Å². The van der Waals surface area contributed by atoms with Crippen LogP contribution in [0.3, 0.4) is 0 Å². The number of hydrogen-bond donors (Lipinski definition) is 2. The maximum atomic E-state index is 10.3. The summed E-state index contributed by atoms with van der Waals surface area (Å²) in [6, 6.07) is 9.49. The first-order valence-corrected chi connectivity index (χ1v) is 7.13. The molecule has 1 aromatic carbocycles. The van der Waals surface area contributed by atoms with Crippen LogP contribution in [0.4, 0.5) is 0 Å². The molecule has 0 spiro atoms. The number of aliphatic hydroxyl groups is 2. The molecule has 1 aromatic rings. The molecule has 1 saturated carbocycles. The van der Waals surface area contributed by atoms with Crippen LogP contribution in [0.5, 0.6) is 0 Å². The second kappa shape index (κ2) is 6.35. The lowest BCUT2D eigenvalue weighted by atomic mass is 9.76. The van der Waals surface area contributed by atoms with Gasteiger partial charge in [0.2, 0.25) is 0 Å². The van der Waals surface area contributed by atoms with Crippen LogP contribution in [0.1, 0.15) is 50.7 Å². The fourth-order valence-corrected chi connectivity index (χ4v) is 3.04. The fourth-order valence-electron chi connectivity index (χ4n) is 3.04. The SMILES string of the molecule is CCC1CCC(C(O)C(O)c2ccccc2)CC1. The average Bonchev–Trinajstić information content (AvgIpc) is 2.47. The summed E-state index contributed by atoms with van der Waals surface area (Å²) in [6.45, 7) is 2.24. The normalized spacial score (nSPS) is 27.7. The number of hydrogen-bond acceptors (Lipinski definition) is 2. The highest BCUT2D eigenvalue weighted by molar-refractivity contribution is 5.18. The second-order valence-corrected chi connectivity index (χ2v) is 5.54. The first-order chi connectivity index (χ1) is 8.72. The zero-order valence-electron chi connectivity index (χ0n) is 11.1. The van der Waals surface area contributed by atoms with Gasteiger partial charge in [-0.05, 0) is 30.2 Å². The van der Waals surface area contributed by atoms with Crippen molar-refractivity contribution >= 4 is 0 Å². The van der Waals surface area contributed by atoms with E-state index < -0.39 is 12.2 Å². The Balaban J connectivity index is 1.93. The highest BCUT2D eigenvalue weighted by Gasteiger charge is 2.30. The quantitative estimate of drug-likeness (QED) is 0.858. The van der Waals surface area contributed by atoms with E-state index in [-0.39, 0.29) is 5.92 Å². The van der Waals surface area contributed by atoms with Gasteiger partial charge in [-0.15, -0.1) is 0 Å². The summed E-state index contributed by atoms with van der Waals surface area (Å²) in [5, 5.41) is 20.5. The Morgan fingerprint density at radius 1 is 1.06 bits per heavy atom. The van der Waals surface area contributed by atoms with Gasteiger partial charge in [0.15, 0.2) is 0 Å². The molecule has 0 amide bonds. The van der Waals surface area contributed by atoms with Gasteiger partial charge < -0.3 is 10.2 Å². The lowest BCUT2D eigenvalue weighted by Crippen LogP contribution is -2.31. The summed E-state index contributed by atoms with van der Waals surface area (Å²) in [6.07, 6.45) is 4.36. The summed E-state index contributed by atoms with van der Waals surface area (Å²) < 4.78 is 0. The summed E-state index contributed by atoms with van der Waals surface area (Å²) in [4.78, 5) is 0. The van der Waals surface area contributed by atoms with Gasteiger partial charge in [0.1, 0.15) is 6.10 Å².